The van der Waals surface area contributed by atoms with Crippen LogP contribution in [0.1, 0.15) is 21.7 Å². The number of fused-ring (bicyclic) bond motifs is 1. The molecule has 0 unspecified atom stereocenters. The number of amides is 1. The third kappa shape index (κ3) is 2.97. The van der Waals surface area contributed by atoms with Gasteiger partial charge in [-0.3, -0.25) is 9.69 Å². The molecular formula is C21H17N3OS. The van der Waals surface area contributed by atoms with Crippen LogP contribution in [0.2, 0.25) is 0 Å². The maximum absolute atomic E-state index is 13.4. The molecular weight excluding hydrogens is 342 g/mol. The van der Waals surface area contributed by atoms with E-state index in [1.807, 2.05) is 74.5 Å². The summed E-state index contributed by atoms with van der Waals surface area (Å²) in [4.78, 5) is 24.1. The van der Waals surface area contributed by atoms with Gasteiger partial charge in [-0.15, -0.1) is 0 Å². The highest BCUT2D eigenvalue weighted by molar-refractivity contribution is 7.22. The van der Waals surface area contributed by atoms with Gasteiger partial charge in [-0.2, -0.15) is 0 Å². The van der Waals surface area contributed by atoms with Crippen LogP contribution < -0.4 is 4.90 Å². The van der Waals surface area contributed by atoms with Gasteiger partial charge in [-0.05, 0) is 49.7 Å². The normalized spacial score (nSPS) is 10.8. The van der Waals surface area contributed by atoms with Gasteiger partial charge < -0.3 is 0 Å². The Labute approximate surface area is 155 Å². The number of hydrogen-bond donors (Lipinski definition) is 0. The molecule has 4 nitrogen and oxygen atoms in total. The first kappa shape index (κ1) is 16.4. The molecule has 0 aliphatic carbocycles. The van der Waals surface area contributed by atoms with Crippen LogP contribution in [0.25, 0.3) is 10.2 Å². The number of aromatic nitrogens is 2. The highest BCUT2D eigenvalue weighted by atomic mass is 32.1. The number of benzene rings is 2. The minimum absolute atomic E-state index is 0.179. The van der Waals surface area contributed by atoms with Crippen molar-refractivity contribution >= 4 is 38.3 Å². The fourth-order valence-corrected chi connectivity index (χ4v) is 3.82. The van der Waals surface area contributed by atoms with Gasteiger partial charge in [0.05, 0.1) is 15.9 Å². The largest absolute Gasteiger partial charge is 0.283 e. The van der Waals surface area contributed by atoms with Crippen molar-refractivity contribution in [3.05, 3.63) is 83.7 Å². The van der Waals surface area contributed by atoms with Crippen LogP contribution in [-0.4, -0.2) is 15.9 Å². The van der Waals surface area contributed by atoms with Gasteiger partial charge in [-0.25, -0.2) is 9.97 Å². The molecule has 0 N–H and O–H groups in total. The van der Waals surface area contributed by atoms with Crippen molar-refractivity contribution in [2.75, 3.05) is 4.90 Å². The third-order valence-corrected chi connectivity index (χ3v) is 5.16. The molecule has 0 aliphatic heterocycles. The van der Waals surface area contributed by atoms with E-state index in [1.165, 1.54) is 11.3 Å². The van der Waals surface area contributed by atoms with Gasteiger partial charge in [0.1, 0.15) is 5.69 Å². The molecule has 26 heavy (non-hydrogen) atoms. The number of anilines is 2. The number of para-hydroxylation sites is 2. The Balaban J connectivity index is 1.89. The van der Waals surface area contributed by atoms with Crippen LogP contribution in [0.3, 0.4) is 0 Å². The zero-order valence-electron chi connectivity index (χ0n) is 14.5. The van der Waals surface area contributed by atoms with E-state index < -0.39 is 0 Å². The van der Waals surface area contributed by atoms with E-state index in [2.05, 4.69) is 4.98 Å². The van der Waals surface area contributed by atoms with E-state index in [0.29, 0.717) is 10.8 Å². The summed E-state index contributed by atoms with van der Waals surface area (Å²) in [5.74, 6) is -0.179. The second kappa shape index (κ2) is 6.69. The molecule has 0 aliphatic rings. The molecule has 2 aromatic heterocycles. The van der Waals surface area contributed by atoms with E-state index in [1.54, 1.807) is 11.0 Å². The molecule has 0 fully saturated rings. The molecule has 0 saturated heterocycles. The van der Waals surface area contributed by atoms with Crippen LogP contribution >= 0.6 is 11.3 Å². The lowest BCUT2D eigenvalue weighted by atomic mass is 10.1. The standard InChI is InChI=1S/C21H17N3OS/c1-14-8-3-5-12-18(14)24(20(25)17-11-7-9-15(2)22-17)21-23-16-10-4-6-13-19(16)26-21/h3-13H,1-2H3. The topological polar surface area (TPSA) is 46.1 Å². The van der Waals surface area contributed by atoms with E-state index in [-0.39, 0.29) is 5.91 Å². The molecule has 0 spiro atoms. The number of pyridine rings is 1. The molecule has 1 amide bonds. The van der Waals surface area contributed by atoms with Crippen LogP contribution in [0.5, 0.6) is 0 Å². The molecule has 4 aromatic rings. The minimum Gasteiger partial charge on any atom is -0.266 e. The van der Waals surface area contributed by atoms with Crippen LogP contribution in [0, 0.1) is 13.8 Å². The number of carbonyl (C=O) groups is 1. The van der Waals surface area contributed by atoms with Crippen LogP contribution in [-0.2, 0) is 0 Å². The average Bonchev–Trinajstić information content (AvgIpc) is 3.07. The maximum Gasteiger partial charge on any atom is 0.283 e. The fraction of sp³-hybridized carbons (Fsp3) is 0.0952. The fourth-order valence-electron chi connectivity index (χ4n) is 2.85. The quantitative estimate of drug-likeness (QED) is 0.499. The van der Waals surface area contributed by atoms with Crippen molar-refractivity contribution in [3.63, 3.8) is 0 Å². The average molecular weight is 359 g/mol. The first-order valence-corrected chi connectivity index (χ1v) is 9.14. The maximum atomic E-state index is 13.4. The summed E-state index contributed by atoms with van der Waals surface area (Å²) in [7, 11) is 0. The van der Waals surface area contributed by atoms with Crippen molar-refractivity contribution in [3.8, 4) is 0 Å². The second-order valence-corrected chi connectivity index (χ2v) is 7.06. The summed E-state index contributed by atoms with van der Waals surface area (Å²) in [5, 5.41) is 0.647. The number of hydrogen-bond acceptors (Lipinski definition) is 4. The van der Waals surface area contributed by atoms with Crippen LogP contribution in [0.15, 0.2) is 66.7 Å². The number of carbonyl (C=O) groups excluding carboxylic acids is 1. The lowest BCUT2D eigenvalue weighted by Crippen LogP contribution is -2.27. The molecule has 0 radical (unpaired) electrons. The Morgan fingerprint density at radius 1 is 0.885 bits per heavy atom. The van der Waals surface area contributed by atoms with E-state index in [0.717, 1.165) is 27.2 Å². The number of thiazole rings is 1. The molecule has 128 valence electrons. The molecule has 0 atom stereocenters. The minimum atomic E-state index is -0.179. The smallest absolute Gasteiger partial charge is 0.266 e. The molecule has 2 heterocycles. The van der Waals surface area contributed by atoms with Crippen molar-refractivity contribution in [1.82, 2.24) is 9.97 Å². The van der Waals surface area contributed by atoms with E-state index in [4.69, 9.17) is 4.98 Å². The van der Waals surface area contributed by atoms with Crippen molar-refractivity contribution in [2.45, 2.75) is 13.8 Å². The molecule has 5 heteroatoms. The lowest BCUT2D eigenvalue weighted by molar-refractivity contribution is 0.0994. The SMILES string of the molecule is Cc1cccc(C(=O)N(c2nc3ccccc3s2)c2ccccc2C)n1. The number of nitrogens with zero attached hydrogens (tertiary/aromatic N) is 3. The van der Waals surface area contributed by atoms with Crippen molar-refractivity contribution < 1.29 is 4.79 Å². The molecule has 2 aromatic carbocycles. The molecule has 4 rings (SSSR count). The predicted molar refractivity (Wildman–Crippen MR) is 106 cm³/mol. The summed E-state index contributed by atoms with van der Waals surface area (Å²) >= 11 is 1.50. The van der Waals surface area contributed by atoms with Crippen LogP contribution in [0.4, 0.5) is 10.8 Å². The van der Waals surface area contributed by atoms with Gasteiger partial charge in [0, 0.05) is 5.69 Å². The Morgan fingerprint density at radius 2 is 1.65 bits per heavy atom. The first-order valence-electron chi connectivity index (χ1n) is 8.33. The van der Waals surface area contributed by atoms with Gasteiger partial charge in [0.2, 0.25) is 0 Å². The van der Waals surface area contributed by atoms with Gasteiger partial charge >= 0.3 is 0 Å². The summed E-state index contributed by atoms with van der Waals surface area (Å²) in [6.45, 7) is 3.87. The van der Waals surface area contributed by atoms with Crippen molar-refractivity contribution in [1.29, 1.82) is 0 Å². The Bertz CT molecular complexity index is 1070. The molecule has 0 bridgehead atoms. The highest BCUT2D eigenvalue weighted by Crippen LogP contribution is 2.35. The summed E-state index contributed by atoms with van der Waals surface area (Å²) < 4.78 is 1.05. The highest BCUT2D eigenvalue weighted by Gasteiger charge is 2.25. The Morgan fingerprint density at radius 3 is 2.42 bits per heavy atom. The summed E-state index contributed by atoms with van der Waals surface area (Å²) in [5.41, 5.74) is 3.93. The third-order valence-electron chi connectivity index (χ3n) is 4.14. The monoisotopic (exact) mass is 359 g/mol. The van der Waals surface area contributed by atoms with E-state index in [9.17, 15) is 4.79 Å². The van der Waals surface area contributed by atoms with Gasteiger partial charge in [-0.1, -0.05) is 47.7 Å². The number of aryl methyl sites for hydroxylation is 2. The van der Waals surface area contributed by atoms with Gasteiger partial charge in [0.15, 0.2) is 5.13 Å². The van der Waals surface area contributed by atoms with Gasteiger partial charge in [0.25, 0.3) is 5.91 Å². The zero-order valence-corrected chi connectivity index (χ0v) is 15.3. The van der Waals surface area contributed by atoms with Crippen molar-refractivity contribution in [2.24, 2.45) is 0 Å². The lowest BCUT2D eigenvalue weighted by Gasteiger charge is -2.21. The Hall–Kier alpha value is -3.05. The Kier molecular flexibility index (Phi) is 4.22. The molecule has 0 saturated carbocycles. The second-order valence-electron chi connectivity index (χ2n) is 6.06. The summed E-state index contributed by atoms with van der Waals surface area (Å²) in [6, 6.07) is 21.2. The zero-order chi connectivity index (χ0) is 18.1. The van der Waals surface area contributed by atoms with E-state index >= 15 is 0 Å². The summed E-state index contributed by atoms with van der Waals surface area (Å²) in [6.07, 6.45) is 0. The first-order chi connectivity index (χ1) is 12.6. The predicted octanol–water partition coefficient (Wildman–Crippen LogP) is 5.29. The number of rotatable bonds is 3.